The lowest BCUT2D eigenvalue weighted by Gasteiger charge is -2.34. The van der Waals surface area contributed by atoms with Crippen LogP contribution in [0.4, 0.5) is 0 Å². The molecule has 2 heterocycles. The van der Waals surface area contributed by atoms with Crippen LogP contribution in [-0.2, 0) is 6.54 Å². The van der Waals surface area contributed by atoms with Gasteiger partial charge in [0.15, 0.2) is 0 Å². The van der Waals surface area contributed by atoms with Gasteiger partial charge in [0.2, 0.25) is 0 Å². The maximum absolute atomic E-state index is 12.4. The molecule has 1 atom stereocenters. The van der Waals surface area contributed by atoms with Crippen molar-refractivity contribution in [2.75, 3.05) is 6.73 Å². The Morgan fingerprint density at radius 2 is 1.70 bits per heavy atom. The number of hydrogen-bond donors (Lipinski definition) is 0. The SMILES string of the molecule is CC(c1ccccc1)N1COc2c(Cl)cc3c(-c4ccccc4)cc(=O)oc3c2C1. The van der Waals surface area contributed by atoms with Crippen LogP contribution in [0.15, 0.2) is 82.0 Å². The molecule has 5 rings (SSSR count). The monoisotopic (exact) mass is 417 g/mol. The summed E-state index contributed by atoms with van der Waals surface area (Å²) in [6.45, 7) is 3.13. The third-order valence-corrected chi connectivity index (χ3v) is 5.97. The summed E-state index contributed by atoms with van der Waals surface area (Å²) in [7, 11) is 0. The molecular formula is C25H20ClNO3. The Hall–Kier alpha value is -3.08. The molecule has 4 aromatic rings. The van der Waals surface area contributed by atoms with Crippen LogP contribution in [0.1, 0.15) is 24.1 Å². The fourth-order valence-electron chi connectivity index (χ4n) is 4.05. The Balaban J connectivity index is 1.65. The minimum Gasteiger partial charge on any atom is -0.476 e. The van der Waals surface area contributed by atoms with Crippen molar-refractivity contribution in [3.05, 3.63) is 99.4 Å². The minimum atomic E-state index is -0.390. The summed E-state index contributed by atoms with van der Waals surface area (Å²) in [4.78, 5) is 14.6. The third kappa shape index (κ3) is 3.28. The second kappa shape index (κ2) is 7.63. The van der Waals surface area contributed by atoms with Crippen LogP contribution in [0.2, 0.25) is 5.02 Å². The molecule has 1 unspecified atom stereocenters. The number of benzene rings is 3. The zero-order valence-electron chi connectivity index (χ0n) is 16.5. The van der Waals surface area contributed by atoms with Gasteiger partial charge in [0, 0.05) is 24.0 Å². The summed E-state index contributed by atoms with van der Waals surface area (Å²) in [5.41, 5.74) is 3.89. The van der Waals surface area contributed by atoms with E-state index >= 15 is 0 Å². The molecule has 0 spiro atoms. The van der Waals surface area contributed by atoms with Gasteiger partial charge in [-0.2, -0.15) is 0 Å². The van der Waals surface area contributed by atoms with Crippen LogP contribution >= 0.6 is 11.6 Å². The van der Waals surface area contributed by atoms with Crippen molar-refractivity contribution in [2.24, 2.45) is 0 Å². The standard InChI is InChI=1S/C25H20ClNO3/c1-16(17-8-4-2-5-9-17)27-14-21-24-20(12-22(26)25(21)29-15-27)19(13-23(28)30-24)18-10-6-3-7-11-18/h2-13,16H,14-15H2,1H3. The van der Waals surface area contributed by atoms with E-state index in [0.29, 0.717) is 29.6 Å². The number of hydrogen-bond acceptors (Lipinski definition) is 4. The van der Waals surface area contributed by atoms with Crippen molar-refractivity contribution in [1.29, 1.82) is 0 Å². The van der Waals surface area contributed by atoms with Crippen LogP contribution in [0.3, 0.4) is 0 Å². The summed E-state index contributed by atoms with van der Waals surface area (Å²) in [6, 6.07) is 23.5. The molecule has 0 radical (unpaired) electrons. The Labute approximate surface area is 179 Å². The molecule has 0 amide bonds. The molecule has 0 fully saturated rings. The Morgan fingerprint density at radius 1 is 1.00 bits per heavy atom. The van der Waals surface area contributed by atoms with Gasteiger partial charge in [-0.1, -0.05) is 72.3 Å². The third-order valence-electron chi connectivity index (χ3n) is 5.69. The van der Waals surface area contributed by atoms with E-state index in [0.717, 1.165) is 22.1 Å². The number of nitrogens with zero attached hydrogens (tertiary/aromatic N) is 1. The van der Waals surface area contributed by atoms with Crippen molar-refractivity contribution in [3.63, 3.8) is 0 Å². The molecule has 30 heavy (non-hydrogen) atoms. The number of fused-ring (bicyclic) bond motifs is 3. The first-order valence-corrected chi connectivity index (χ1v) is 10.3. The molecule has 1 aliphatic heterocycles. The smallest absolute Gasteiger partial charge is 0.336 e. The summed E-state index contributed by atoms with van der Waals surface area (Å²) >= 11 is 6.60. The fourth-order valence-corrected chi connectivity index (χ4v) is 4.33. The topological polar surface area (TPSA) is 42.7 Å². The summed E-state index contributed by atoms with van der Waals surface area (Å²) < 4.78 is 11.7. The highest BCUT2D eigenvalue weighted by molar-refractivity contribution is 6.33. The van der Waals surface area contributed by atoms with Crippen molar-refractivity contribution >= 4 is 22.6 Å². The van der Waals surface area contributed by atoms with Gasteiger partial charge < -0.3 is 9.15 Å². The average molecular weight is 418 g/mol. The quantitative estimate of drug-likeness (QED) is 0.382. The van der Waals surface area contributed by atoms with Gasteiger partial charge in [0.05, 0.1) is 10.6 Å². The molecule has 0 aliphatic carbocycles. The van der Waals surface area contributed by atoms with Crippen LogP contribution in [0.25, 0.3) is 22.1 Å². The molecular weight excluding hydrogens is 398 g/mol. The highest BCUT2D eigenvalue weighted by Gasteiger charge is 2.28. The van der Waals surface area contributed by atoms with Crippen LogP contribution in [-0.4, -0.2) is 11.6 Å². The highest BCUT2D eigenvalue weighted by Crippen LogP contribution is 2.42. The first kappa shape index (κ1) is 18.9. The molecule has 0 N–H and O–H groups in total. The predicted octanol–water partition coefficient (Wildman–Crippen LogP) is 6.03. The molecule has 4 nitrogen and oxygen atoms in total. The van der Waals surface area contributed by atoms with Crippen LogP contribution < -0.4 is 10.4 Å². The van der Waals surface area contributed by atoms with Crippen molar-refractivity contribution in [3.8, 4) is 16.9 Å². The van der Waals surface area contributed by atoms with E-state index in [1.165, 1.54) is 11.6 Å². The van der Waals surface area contributed by atoms with Gasteiger partial charge in [0.25, 0.3) is 0 Å². The highest BCUT2D eigenvalue weighted by atomic mass is 35.5. The van der Waals surface area contributed by atoms with Gasteiger partial charge in [-0.05, 0) is 29.7 Å². The van der Waals surface area contributed by atoms with E-state index in [1.54, 1.807) is 0 Å². The van der Waals surface area contributed by atoms with Crippen molar-refractivity contribution in [2.45, 2.75) is 19.5 Å². The maximum Gasteiger partial charge on any atom is 0.336 e. The number of rotatable bonds is 3. The van der Waals surface area contributed by atoms with Crippen molar-refractivity contribution in [1.82, 2.24) is 4.90 Å². The molecule has 150 valence electrons. The lowest BCUT2D eigenvalue weighted by atomic mass is 9.98. The molecule has 0 saturated heterocycles. The van der Waals surface area contributed by atoms with E-state index < -0.39 is 0 Å². The normalized spacial score (nSPS) is 14.9. The predicted molar refractivity (Wildman–Crippen MR) is 119 cm³/mol. The van der Waals surface area contributed by atoms with Gasteiger partial charge in [-0.25, -0.2) is 4.79 Å². The zero-order chi connectivity index (χ0) is 20.7. The summed E-state index contributed by atoms with van der Waals surface area (Å²) in [6.07, 6.45) is 0. The fraction of sp³-hybridized carbons (Fsp3) is 0.160. The largest absolute Gasteiger partial charge is 0.476 e. The van der Waals surface area contributed by atoms with Gasteiger partial charge in [-0.15, -0.1) is 0 Å². The van der Waals surface area contributed by atoms with Crippen LogP contribution in [0, 0.1) is 0 Å². The molecule has 0 saturated carbocycles. The Morgan fingerprint density at radius 3 is 2.43 bits per heavy atom. The minimum absolute atomic E-state index is 0.136. The second-order valence-electron chi connectivity index (χ2n) is 7.49. The van der Waals surface area contributed by atoms with Crippen LogP contribution in [0.5, 0.6) is 5.75 Å². The molecule has 1 aromatic heterocycles. The molecule has 3 aromatic carbocycles. The number of halogens is 1. The van der Waals surface area contributed by atoms with E-state index in [1.807, 2.05) is 54.6 Å². The van der Waals surface area contributed by atoms with Crippen molar-refractivity contribution < 1.29 is 9.15 Å². The van der Waals surface area contributed by atoms with E-state index in [9.17, 15) is 4.79 Å². The van der Waals surface area contributed by atoms with Gasteiger partial charge >= 0.3 is 5.63 Å². The molecule has 5 heteroatoms. The molecule has 0 bridgehead atoms. The van der Waals surface area contributed by atoms with Gasteiger partial charge in [-0.3, -0.25) is 4.90 Å². The summed E-state index contributed by atoms with van der Waals surface area (Å²) in [5, 5.41) is 1.33. The maximum atomic E-state index is 12.4. The van der Waals surface area contributed by atoms with E-state index in [2.05, 4.69) is 24.0 Å². The first-order chi connectivity index (χ1) is 14.6. The lowest BCUT2D eigenvalue weighted by Crippen LogP contribution is -2.34. The molecule has 1 aliphatic rings. The lowest BCUT2D eigenvalue weighted by molar-refractivity contribution is 0.0621. The first-order valence-electron chi connectivity index (χ1n) is 9.88. The second-order valence-corrected chi connectivity index (χ2v) is 7.90. The Kier molecular flexibility index (Phi) is 4.81. The van der Waals surface area contributed by atoms with E-state index in [4.69, 9.17) is 20.8 Å². The number of ether oxygens (including phenoxy) is 1. The average Bonchev–Trinajstić information content (AvgIpc) is 2.80. The van der Waals surface area contributed by atoms with Gasteiger partial charge in [0.1, 0.15) is 18.1 Å². The van der Waals surface area contributed by atoms with E-state index in [-0.39, 0.29) is 11.7 Å². The Bertz CT molecular complexity index is 1270. The summed E-state index contributed by atoms with van der Waals surface area (Å²) in [5.74, 6) is 0.592. The zero-order valence-corrected chi connectivity index (χ0v) is 17.2.